The summed E-state index contributed by atoms with van der Waals surface area (Å²) in [5.41, 5.74) is 5.05. The van der Waals surface area contributed by atoms with E-state index >= 15 is 0 Å². The van der Waals surface area contributed by atoms with E-state index in [-0.39, 0.29) is 45.6 Å². The fourth-order valence-electron chi connectivity index (χ4n) is 3.22. The fourth-order valence-corrected chi connectivity index (χ4v) is 3.22. The first-order valence-corrected chi connectivity index (χ1v) is 10.1. The number of nitro groups is 2. The van der Waals surface area contributed by atoms with Gasteiger partial charge >= 0.3 is 0 Å². The largest absolute Gasteiger partial charge is 0.508 e. The maximum atomic E-state index is 11.2. The highest BCUT2D eigenvalue weighted by Crippen LogP contribution is 2.27. The van der Waals surface area contributed by atoms with Gasteiger partial charge < -0.3 is 10.2 Å². The zero-order valence-corrected chi connectivity index (χ0v) is 18.1. The van der Waals surface area contributed by atoms with Crippen LogP contribution in [0.15, 0.2) is 70.9 Å². The molecule has 1 heterocycles. The first-order chi connectivity index (χ1) is 17.3. The number of rotatable bonds is 8. The Balaban J connectivity index is 1.58. The summed E-state index contributed by atoms with van der Waals surface area (Å²) in [5, 5.41) is 58.8. The minimum absolute atomic E-state index is 0.0819. The summed E-state index contributed by atoms with van der Waals surface area (Å²) in [4.78, 5) is 21.2. The van der Waals surface area contributed by atoms with E-state index in [1.165, 1.54) is 36.7 Å². The number of anilines is 2. The molecular weight excluding hydrogens is 472 g/mol. The van der Waals surface area contributed by atoms with Crippen LogP contribution in [0.5, 0.6) is 11.5 Å². The molecule has 0 bridgehead atoms. The predicted octanol–water partition coefficient (Wildman–Crippen LogP) is 3.75. The number of nitrogens with zero attached hydrogens (tertiary/aromatic N) is 6. The Kier molecular flexibility index (Phi) is 6.58. The molecule has 4 rings (SSSR count). The van der Waals surface area contributed by atoms with E-state index in [9.17, 15) is 30.4 Å². The number of aromatic hydroxyl groups is 2. The lowest BCUT2D eigenvalue weighted by Crippen LogP contribution is -2.02. The number of phenolic OH excluding ortho intramolecular Hbond substituents is 2. The number of hydrogen-bond donors (Lipinski definition) is 4. The third-order valence-electron chi connectivity index (χ3n) is 4.85. The first-order valence-electron chi connectivity index (χ1n) is 10.1. The van der Waals surface area contributed by atoms with Gasteiger partial charge in [0.2, 0.25) is 0 Å². The standard InChI is InChI=1S/C22H16N8O6/c31-15-5-7-19(29(33)34)13(9-15)11-23-25-21-17-3-1-2-4-18(17)22(28-27-21)26-24-12-14-10-16(32)6-8-20(14)30(35)36/h1-12,31-32H,(H,25,27)(H,26,28)/b23-11+,24-12+. The minimum atomic E-state index is -0.595. The van der Waals surface area contributed by atoms with Gasteiger partial charge in [-0.2, -0.15) is 10.2 Å². The summed E-state index contributed by atoms with van der Waals surface area (Å²) in [6, 6.07) is 14.1. The second-order valence-corrected chi connectivity index (χ2v) is 7.18. The van der Waals surface area contributed by atoms with Gasteiger partial charge in [-0.05, 0) is 24.3 Å². The molecule has 0 saturated carbocycles. The molecule has 4 N–H and O–H groups in total. The number of hydrazone groups is 2. The second kappa shape index (κ2) is 10.1. The van der Waals surface area contributed by atoms with Gasteiger partial charge in [0.1, 0.15) is 11.5 Å². The molecule has 0 unspecified atom stereocenters. The first kappa shape index (κ1) is 23.5. The molecule has 3 aromatic carbocycles. The fraction of sp³-hybridized carbons (Fsp3) is 0. The molecule has 0 aliphatic rings. The number of aromatic nitrogens is 2. The number of phenols is 2. The van der Waals surface area contributed by atoms with Crippen molar-refractivity contribution in [1.82, 2.24) is 10.2 Å². The molecule has 0 spiro atoms. The lowest BCUT2D eigenvalue weighted by molar-refractivity contribution is -0.385. The average Bonchev–Trinajstić information content (AvgIpc) is 2.85. The Bertz CT molecular complexity index is 1420. The van der Waals surface area contributed by atoms with E-state index in [4.69, 9.17) is 0 Å². The van der Waals surface area contributed by atoms with Crippen LogP contribution in [-0.4, -0.2) is 42.7 Å². The average molecular weight is 488 g/mol. The van der Waals surface area contributed by atoms with Crippen LogP contribution >= 0.6 is 0 Å². The highest BCUT2D eigenvalue weighted by molar-refractivity contribution is 5.99. The van der Waals surface area contributed by atoms with Crippen molar-refractivity contribution in [3.63, 3.8) is 0 Å². The number of fused-ring (bicyclic) bond motifs is 1. The monoisotopic (exact) mass is 488 g/mol. The molecule has 14 nitrogen and oxygen atoms in total. The Morgan fingerprint density at radius 3 is 1.53 bits per heavy atom. The van der Waals surface area contributed by atoms with Crippen molar-refractivity contribution < 1.29 is 20.1 Å². The van der Waals surface area contributed by atoms with E-state index in [1.807, 2.05) is 0 Å². The van der Waals surface area contributed by atoms with Crippen molar-refractivity contribution in [2.75, 3.05) is 10.9 Å². The van der Waals surface area contributed by atoms with Crippen LogP contribution in [0.2, 0.25) is 0 Å². The number of nitro benzene ring substituents is 2. The Morgan fingerprint density at radius 2 is 1.14 bits per heavy atom. The maximum absolute atomic E-state index is 11.2. The molecule has 0 amide bonds. The summed E-state index contributed by atoms with van der Waals surface area (Å²) >= 11 is 0. The molecule has 180 valence electrons. The number of hydrogen-bond acceptors (Lipinski definition) is 12. The molecule has 0 aliphatic heterocycles. The Hall–Kier alpha value is -5.66. The third-order valence-corrected chi connectivity index (χ3v) is 4.85. The van der Waals surface area contributed by atoms with E-state index in [1.54, 1.807) is 24.3 Å². The molecule has 0 aliphatic carbocycles. The molecule has 0 radical (unpaired) electrons. The topological polar surface area (TPSA) is 201 Å². The van der Waals surface area contributed by atoms with Crippen LogP contribution in [0.4, 0.5) is 23.0 Å². The van der Waals surface area contributed by atoms with Gasteiger partial charge in [-0.1, -0.05) is 24.3 Å². The predicted molar refractivity (Wildman–Crippen MR) is 131 cm³/mol. The Labute approximate surface area is 201 Å². The van der Waals surface area contributed by atoms with Crippen LogP contribution in [0.3, 0.4) is 0 Å². The van der Waals surface area contributed by atoms with Crippen molar-refractivity contribution in [2.45, 2.75) is 0 Å². The summed E-state index contributed by atoms with van der Waals surface area (Å²) in [6.45, 7) is 0. The smallest absolute Gasteiger partial charge is 0.278 e. The van der Waals surface area contributed by atoms with Gasteiger partial charge in [-0.25, -0.2) is 0 Å². The van der Waals surface area contributed by atoms with Crippen LogP contribution in [0, 0.1) is 20.2 Å². The summed E-state index contributed by atoms with van der Waals surface area (Å²) < 4.78 is 0. The summed E-state index contributed by atoms with van der Waals surface area (Å²) in [7, 11) is 0. The van der Waals surface area contributed by atoms with E-state index in [2.05, 4.69) is 31.3 Å². The van der Waals surface area contributed by atoms with Crippen LogP contribution in [0.1, 0.15) is 11.1 Å². The van der Waals surface area contributed by atoms with Crippen molar-refractivity contribution in [1.29, 1.82) is 0 Å². The van der Waals surface area contributed by atoms with Gasteiger partial charge in [0.05, 0.1) is 33.4 Å². The van der Waals surface area contributed by atoms with Crippen molar-refractivity contribution >= 4 is 46.2 Å². The lowest BCUT2D eigenvalue weighted by atomic mass is 10.2. The van der Waals surface area contributed by atoms with Crippen molar-refractivity contribution in [2.24, 2.45) is 10.2 Å². The van der Waals surface area contributed by atoms with Gasteiger partial charge in [-0.15, -0.1) is 10.2 Å². The molecule has 1 aromatic heterocycles. The quantitative estimate of drug-likeness (QED) is 0.161. The molecule has 4 aromatic rings. The SMILES string of the molecule is O=[N+]([O-])c1ccc(O)cc1/C=N/Nc1nnc(N/N=C/c2cc(O)ccc2[N+](=O)[O-])c2ccccc12. The lowest BCUT2D eigenvalue weighted by Gasteiger charge is -2.08. The third kappa shape index (κ3) is 5.12. The maximum Gasteiger partial charge on any atom is 0.278 e. The van der Waals surface area contributed by atoms with Gasteiger partial charge in [0, 0.05) is 22.9 Å². The molecule has 36 heavy (non-hydrogen) atoms. The van der Waals surface area contributed by atoms with Gasteiger partial charge in [0.15, 0.2) is 11.6 Å². The highest BCUT2D eigenvalue weighted by atomic mass is 16.6. The second-order valence-electron chi connectivity index (χ2n) is 7.18. The Morgan fingerprint density at radius 1 is 0.722 bits per heavy atom. The number of benzene rings is 3. The molecule has 0 fully saturated rings. The molecule has 0 saturated heterocycles. The van der Waals surface area contributed by atoms with Crippen molar-refractivity contribution in [3.8, 4) is 11.5 Å². The summed E-state index contributed by atoms with van der Waals surface area (Å²) in [6.07, 6.45) is 2.35. The summed E-state index contributed by atoms with van der Waals surface area (Å²) in [5.74, 6) is 0.171. The minimum Gasteiger partial charge on any atom is -0.508 e. The van der Waals surface area contributed by atoms with Crippen LogP contribution in [0.25, 0.3) is 10.8 Å². The van der Waals surface area contributed by atoms with E-state index in [0.29, 0.717) is 10.8 Å². The van der Waals surface area contributed by atoms with Crippen LogP contribution in [-0.2, 0) is 0 Å². The zero-order chi connectivity index (χ0) is 25.7. The molecule has 14 heteroatoms. The molecule has 0 atom stereocenters. The zero-order valence-electron chi connectivity index (χ0n) is 18.1. The van der Waals surface area contributed by atoms with E-state index < -0.39 is 9.85 Å². The van der Waals surface area contributed by atoms with E-state index in [0.717, 1.165) is 12.1 Å². The van der Waals surface area contributed by atoms with Crippen LogP contribution < -0.4 is 10.9 Å². The highest BCUT2D eigenvalue weighted by Gasteiger charge is 2.14. The van der Waals surface area contributed by atoms with Crippen molar-refractivity contribution in [3.05, 3.63) is 92.0 Å². The number of nitrogens with one attached hydrogen (secondary N) is 2. The molecular formula is C22H16N8O6. The van der Waals surface area contributed by atoms with Gasteiger partial charge in [-0.3, -0.25) is 31.1 Å². The van der Waals surface area contributed by atoms with Gasteiger partial charge in [0.25, 0.3) is 11.4 Å². The normalized spacial score (nSPS) is 11.2.